The van der Waals surface area contributed by atoms with Gasteiger partial charge >= 0.3 is 5.69 Å². The molecule has 112 valence electrons. The number of nitro groups is 1. The van der Waals surface area contributed by atoms with Crippen LogP contribution < -0.4 is 0 Å². The number of piperidine rings is 1. The van der Waals surface area contributed by atoms with Gasteiger partial charge in [0.2, 0.25) is 5.91 Å². The van der Waals surface area contributed by atoms with E-state index >= 15 is 0 Å². The zero-order valence-corrected chi connectivity index (χ0v) is 11.7. The Morgan fingerprint density at radius 2 is 1.86 bits per heavy atom. The summed E-state index contributed by atoms with van der Waals surface area (Å²) < 4.78 is 1.72. The first kappa shape index (κ1) is 12.8. The van der Waals surface area contributed by atoms with Gasteiger partial charge in [-0.05, 0) is 38.5 Å². The van der Waals surface area contributed by atoms with Crippen LogP contribution in [0, 0.1) is 16.0 Å². The molecule has 3 aliphatic rings. The first-order valence-electron chi connectivity index (χ1n) is 7.64. The largest absolute Gasteiger partial charge is 0.336 e. The van der Waals surface area contributed by atoms with Gasteiger partial charge in [0.05, 0.1) is 11.0 Å². The summed E-state index contributed by atoms with van der Waals surface area (Å²) in [5.74, 6) is 0.614. The van der Waals surface area contributed by atoms with Crippen molar-refractivity contribution in [3.8, 4) is 0 Å². The maximum absolute atomic E-state index is 12.4. The molecule has 1 aromatic rings. The lowest BCUT2D eigenvalue weighted by Crippen LogP contribution is -2.47. The van der Waals surface area contributed by atoms with Crippen LogP contribution in [-0.4, -0.2) is 37.6 Å². The molecule has 0 radical (unpaired) electrons. The molecule has 7 heteroatoms. The number of fused-ring (bicyclic) bond motifs is 2. The smallest absolute Gasteiger partial charge is 0.307 e. The molecular formula is C14H18N4O3. The minimum Gasteiger partial charge on any atom is -0.336 e. The number of carbonyl (C=O) groups excluding carboxylic acids is 1. The zero-order valence-electron chi connectivity index (χ0n) is 11.7. The second-order valence-electron chi connectivity index (χ2n) is 6.47. The lowest BCUT2D eigenvalue weighted by molar-refractivity contribution is -0.385. The van der Waals surface area contributed by atoms with Crippen LogP contribution in [0.2, 0.25) is 0 Å². The van der Waals surface area contributed by atoms with E-state index in [1.165, 1.54) is 12.4 Å². The Morgan fingerprint density at radius 3 is 2.38 bits per heavy atom. The summed E-state index contributed by atoms with van der Waals surface area (Å²) in [7, 11) is 0. The Bertz CT molecular complexity index is 581. The monoisotopic (exact) mass is 290 g/mol. The molecule has 1 unspecified atom stereocenters. The van der Waals surface area contributed by atoms with E-state index in [1.54, 1.807) is 4.68 Å². The van der Waals surface area contributed by atoms with Gasteiger partial charge in [-0.3, -0.25) is 19.6 Å². The van der Waals surface area contributed by atoms with Crippen molar-refractivity contribution in [3.05, 3.63) is 22.5 Å². The van der Waals surface area contributed by atoms with Gasteiger partial charge in [-0.15, -0.1) is 0 Å². The molecule has 1 amide bonds. The highest BCUT2D eigenvalue weighted by Crippen LogP contribution is 2.44. The highest BCUT2D eigenvalue weighted by Gasteiger charge is 2.47. The van der Waals surface area contributed by atoms with Gasteiger partial charge in [0, 0.05) is 18.0 Å². The van der Waals surface area contributed by atoms with Crippen LogP contribution in [-0.2, 0) is 4.79 Å². The van der Waals surface area contributed by atoms with Gasteiger partial charge in [-0.25, -0.2) is 0 Å². The zero-order chi connectivity index (χ0) is 14.6. The fourth-order valence-corrected chi connectivity index (χ4v) is 3.89. The molecule has 3 fully saturated rings. The van der Waals surface area contributed by atoms with Crippen molar-refractivity contribution in [1.82, 2.24) is 14.7 Å². The molecular weight excluding hydrogens is 272 g/mol. The second kappa shape index (κ2) is 4.54. The predicted octanol–water partition coefficient (Wildman–Crippen LogP) is 1.90. The van der Waals surface area contributed by atoms with Gasteiger partial charge in [0.25, 0.3) is 0 Å². The Balaban J connectivity index is 1.51. The van der Waals surface area contributed by atoms with Gasteiger partial charge in [0.1, 0.15) is 12.4 Å². The van der Waals surface area contributed by atoms with Crippen molar-refractivity contribution in [2.45, 2.75) is 56.7 Å². The minimum absolute atomic E-state index is 0.0406. The molecule has 1 saturated carbocycles. The fraction of sp³-hybridized carbons (Fsp3) is 0.714. The molecule has 3 heterocycles. The number of hydrogen-bond acceptors (Lipinski definition) is 4. The van der Waals surface area contributed by atoms with Crippen LogP contribution >= 0.6 is 0 Å². The molecule has 21 heavy (non-hydrogen) atoms. The summed E-state index contributed by atoms with van der Waals surface area (Å²) in [4.78, 5) is 24.8. The van der Waals surface area contributed by atoms with E-state index in [4.69, 9.17) is 0 Å². The number of hydrogen-bond donors (Lipinski definition) is 0. The highest BCUT2D eigenvalue weighted by molar-refractivity contribution is 5.82. The lowest BCUT2D eigenvalue weighted by Gasteiger charge is -2.39. The Kier molecular flexibility index (Phi) is 2.77. The van der Waals surface area contributed by atoms with Crippen LogP contribution in [0.1, 0.15) is 44.6 Å². The predicted molar refractivity (Wildman–Crippen MR) is 73.5 cm³/mol. The minimum atomic E-state index is -0.413. The number of amides is 1. The molecule has 2 bridgehead atoms. The number of nitrogens with zero attached hydrogens (tertiary/aromatic N) is 4. The number of aromatic nitrogens is 2. The molecule has 1 aliphatic carbocycles. The van der Waals surface area contributed by atoms with Gasteiger partial charge in [-0.1, -0.05) is 0 Å². The van der Waals surface area contributed by atoms with Crippen LogP contribution in [0.4, 0.5) is 5.69 Å². The Morgan fingerprint density at radius 1 is 1.19 bits per heavy atom. The third-order valence-corrected chi connectivity index (χ3v) is 5.06. The topological polar surface area (TPSA) is 81.3 Å². The molecule has 7 nitrogen and oxygen atoms in total. The lowest BCUT2D eigenvalue weighted by atomic mass is 9.97. The second-order valence-corrected chi connectivity index (χ2v) is 6.47. The normalized spacial score (nSPS) is 31.4. The van der Waals surface area contributed by atoms with E-state index in [1.807, 2.05) is 0 Å². The third kappa shape index (κ3) is 2.11. The van der Waals surface area contributed by atoms with Crippen molar-refractivity contribution in [3.63, 3.8) is 0 Å². The van der Waals surface area contributed by atoms with Crippen LogP contribution in [0.3, 0.4) is 0 Å². The van der Waals surface area contributed by atoms with Gasteiger partial charge < -0.3 is 4.90 Å². The third-order valence-electron chi connectivity index (χ3n) is 5.06. The fourth-order valence-electron chi connectivity index (χ4n) is 3.89. The Hall–Kier alpha value is -1.92. The van der Waals surface area contributed by atoms with Crippen molar-refractivity contribution < 1.29 is 9.72 Å². The average Bonchev–Trinajstić information content (AvgIpc) is 3.13. The molecule has 3 atom stereocenters. The molecule has 2 aliphatic heterocycles. The number of rotatable bonds is 3. The Labute approximate surface area is 122 Å². The summed E-state index contributed by atoms with van der Waals surface area (Å²) >= 11 is 0. The molecule has 0 spiro atoms. The first-order valence-corrected chi connectivity index (χ1v) is 7.64. The van der Waals surface area contributed by atoms with Crippen LogP contribution in [0.5, 0.6) is 0 Å². The standard InChI is InChI=1S/C14H18N4O3/c19-14(9-1-2-9)17-10-3-4-11(17)6-12(5-10)16-8-13(7-15-16)18(20)21/h7-12H,1-6H2/t10-,11+,12?. The van der Waals surface area contributed by atoms with E-state index in [0.29, 0.717) is 18.0 Å². The molecule has 0 aromatic carbocycles. The van der Waals surface area contributed by atoms with E-state index in [9.17, 15) is 14.9 Å². The molecule has 1 aromatic heterocycles. The SMILES string of the molecule is O=C(C1CC1)N1[C@@H]2CC[C@H]1CC(n1cc([N+](=O)[O-])cn1)C2. The maximum Gasteiger partial charge on any atom is 0.307 e. The average molecular weight is 290 g/mol. The molecule has 0 N–H and O–H groups in total. The van der Waals surface area contributed by atoms with Crippen molar-refractivity contribution in [2.75, 3.05) is 0 Å². The molecule has 4 rings (SSSR count). The van der Waals surface area contributed by atoms with E-state index in [2.05, 4.69) is 10.00 Å². The molecule has 2 saturated heterocycles. The summed E-state index contributed by atoms with van der Waals surface area (Å²) in [6.07, 6.45) is 8.77. The van der Waals surface area contributed by atoms with E-state index in [-0.39, 0.29) is 17.6 Å². The van der Waals surface area contributed by atoms with E-state index in [0.717, 1.165) is 38.5 Å². The summed E-state index contributed by atoms with van der Waals surface area (Å²) in [6.45, 7) is 0. The maximum atomic E-state index is 12.4. The van der Waals surface area contributed by atoms with Crippen LogP contribution in [0.25, 0.3) is 0 Å². The van der Waals surface area contributed by atoms with Gasteiger partial charge in [-0.2, -0.15) is 5.10 Å². The van der Waals surface area contributed by atoms with Gasteiger partial charge in [0.15, 0.2) is 0 Å². The van der Waals surface area contributed by atoms with Crippen molar-refractivity contribution in [2.24, 2.45) is 5.92 Å². The summed E-state index contributed by atoms with van der Waals surface area (Å²) in [6, 6.07) is 0.773. The first-order chi connectivity index (χ1) is 10.1. The van der Waals surface area contributed by atoms with Crippen LogP contribution in [0.15, 0.2) is 12.4 Å². The summed E-state index contributed by atoms with van der Waals surface area (Å²) in [5, 5.41) is 14.9. The van der Waals surface area contributed by atoms with Crippen molar-refractivity contribution >= 4 is 11.6 Å². The highest BCUT2D eigenvalue weighted by atomic mass is 16.6. The summed E-state index contributed by atoms with van der Waals surface area (Å²) in [5.41, 5.74) is 0.0406. The van der Waals surface area contributed by atoms with E-state index < -0.39 is 4.92 Å². The number of carbonyl (C=O) groups is 1. The van der Waals surface area contributed by atoms with Crippen molar-refractivity contribution in [1.29, 1.82) is 0 Å². The quantitative estimate of drug-likeness (QED) is 0.629.